The molecule has 4 rings (SSSR count). The molecule has 2 aliphatic heterocycles. The second-order valence-electron chi connectivity index (χ2n) is 7.71. The molecule has 28 heavy (non-hydrogen) atoms. The maximum atomic E-state index is 12.7. The van der Waals surface area contributed by atoms with E-state index in [0.717, 1.165) is 30.9 Å². The van der Waals surface area contributed by atoms with E-state index in [1.54, 1.807) is 4.90 Å². The number of carbonyl (C=O) groups excluding carboxylic acids is 2. The molecule has 2 amide bonds. The van der Waals surface area contributed by atoms with Gasteiger partial charge in [0.05, 0.1) is 5.92 Å². The lowest BCUT2D eigenvalue weighted by Crippen LogP contribution is -2.33. The minimum Gasteiger partial charge on any atom is -0.352 e. The average molecular weight is 377 g/mol. The van der Waals surface area contributed by atoms with Gasteiger partial charge in [0.2, 0.25) is 11.8 Å². The molecule has 2 fully saturated rings. The number of benzene rings is 2. The summed E-state index contributed by atoms with van der Waals surface area (Å²) in [6.07, 6.45) is 2.81. The first-order chi connectivity index (χ1) is 13.7. The minimum atomic E-state index is -0.293. The monoisotopic (exact) mass is 377 g/mol. The Hall–Kier alpha value is -2.66. The van der Waals surface area contributed by atoms with E-state index in [0.29, 0.717) is 13.1 Å². The molecule has 0 spiro atoms. The lowest BCUT2D eigenvalue weighted by atomic mass is 10.1. The molecule has 0 bridgehead atoms. The van der Waals surface area contributed by atoms with Crippen LogP contribution in [-0.2, 0) is 22.7 Å². The lowest BCUT2D eigenvalue weighted by molar-refractivity contribution is -0.126. The molecular formula is C23H27N3O2. The molecule has 1 atom stereocenters. The highest BCUT2D eigenvalue weighted by Gasteiger charge is 2.34. The second kappa shape index (κ2) is 8.57. The predicted octanol–water partition coefficient (Wildman–Crippen LogP) is 2.95. The van der Waals surface area contributed by atoms with Crippen molar-refractivity contribution < 1.29 is 9.59 Å². The van der Waals surface area contributed by atoms with E-state index in [-0.39, 0.29) is 24.2 Å². The third kappa shape index (κ3) is 4.25. The van der Waals surface area contributed by atoms with Crippen molar-refractivity contribution in [2.45, 2.75) is 32.4 Å². The van der Waals surface area contributed by atoms with E-state index in [1.807, 2.05) is 36.4 Å². The van der Waals surface area contributed by atoms with Crippen molar-refractivity contribution in [3.8, 4) is 0 Å². The first-order valence-corrected chi connectivity index (χ1v) is 10.1. The van der Waals surface area contributed by atoms with Crippen molar-refractivity contribution in [2.24, 2.45) is 5.92 Å². The molecule has 0 aliphatic carbocycles. The molecule has 1 unspecified atom stereocenters. The van der Waals surface area contributed by atoms with E-state index in [1.165, 1.54) is 18.4 Å². The summed E-state index contributed by atoms with van der Waals surface area (Å²) in [6, 6.07) is 17.9. The van der Waals surface area contributed by atoms with Crippen LogP contribution in [-0.4, -0.2) is 36.3 Å². The Balaban J connectivity index is 1.35. The van der Waals surface area contributed by atoms with Crippen LogP contribution in [0.25, 0.3) is 0 Å². The number of para-hydroxylation sites is 1. The molecule has 0 aromatic heterocycles. The zero-order valence-corrected chi connectivity index (χ0v) is 16.1. The molecule has 146 valence electrons. The van der Waals surface area contributed by atoms with Gasteiger partial charge >= 0.3 is 0 Å². The van der Waals surface area contributed by atoms with Crippen LogP contribution < -0.4 is 10.2 Å². The first kappa shape index (κ1) is 18.7. The Morgan fingerprint density at radius 3 is 2.39 bits per heavy atom. The summed E-state index contributed by atoms with van der Waals surface area (Å²) >= 11 is 0. The summed E-state index contributed by atoms with van der Waals surface area (Å²) in [7, 11) is 0. The van der Waals surface area contributed by atoms with Crippen LogP contribution in [0, 0.1) is 5.92 Å². The van der Waals surface area contributed by atoms with Crippen LogP contribution in [0.3, 0.4) is 0 Å². The number of likely N-dealkylation sites (tertiary alicyclic amines) is 1. The number of nitrogens with one attached hydrogen (secondary N) is 1. The van der Waals surface area contributed by atoms with Crippen molar-refractivity contribution in [3.05, 3.63) is 65.7 Å². The summed E-state index contributed by atoms with van der Waals surface area (Å²) in [5.41, 5.74) is 3.30. The van der Waals surface area contributed by atoms with Gasteiger partial charge in [-0.15, -0.1) is 0 Å². The molecule has 2 saturated heterocycles. The van der Waals surface area contributed by atoms with E-state index >= 15 is 0 Å². The topological polar surface area (TPSA) is 52.7 Å². The zero-order valence-electron chi connectivity index (χ0n) is 16.1. The normalized spacial score (nSPS) is 19.9. The van der Waals surface area contributed by atoms with Crippen molar-refractivity contribution >= 4 is 17.5 Å². The van der Waals surface area contributed by atoms with Gasteiger partial charge in [-0.25, -0.2) is 0 Å². The van der Waals surface area contributed by atoms with Gasteiger partial charge in [0.15, 0.2) is 0 Å². The van der Waals surface area contributed by atoms with Crippen molar-refractivity contribution in [3.63, 3.8) is 0 Å². The lowest BCUT2D eigenvalue weighted by Gasteiger charge is -2.19. The fourth-order valence-corrected chi connectivity index (χ4v) is 4.13. The Bertz CT molecular complexity index is 831. The number of anilines is 1. The summed E-state index contributed by atoms with van der Waals surface area (Å²) < 4.78 is 0. The molecular weight excluding hydrogens is 350 g/mol. The maximum absolute atomic E-state index is 12.7. The fourth-order valence-electron chi connectivity index (χ4n) is 4.13. The van der Waals surface area contributed by atoms with Crippen LogP contribution in [0.2, 0.25) is 0 Å². The van der Waals surface area contributed by atoms with Crippen LogP contribution in [0.5, 0.6) is 0 Å². The highest BCUT2D eigenvalue weighted by Crippen LogP contribution is 2.25. The summed E-state index contributed by atoms with van der Waals surface area (Å²) in [5, 5.41) is 3.06. The van der Waals surface area contributed by atoms with Gasteiger partial charge < -0.3 is 10.2 Å². The number of nitrogens with zero attached hydrogens (tertiary/aromatic N) is 2. The Morgan fingerprint density at radius 2 is 1.64 bits per heavy atom. The SMILES string of the molecule is O=C(NCc1ccccc1CN1CCCC1)C1CC(=O)N(c2ccccc2)C1. The van der Waals surface area contributed by atoms with Gasteiger partial charge in [-0.3, -0.25) is 14.5 Å². The Labute approximate surface area is 166 Å². The number of carbonyl (C=O) groups is 2. The smallest absolute Gasteiger partial charge is 0.227 e. The van der Waals surface area contributed by atoms with Gasteiger partial charge in [-0.2, -0.15) is 0 Å². The molecule has 0 radical (unpaired) electrons. The van der Waals surface area contributed by atoms with Gasteiger partial charge in [0.1, 0.15) is 0 Å². The molecule has 1 N–H and O–H groups in total. The average Bonchev–Trinajstić information content (AvgIpc) is 3.37. The molecule has 2 aliphatic rings. The zero-order chi connectivity index (χ0) is 19.3. The molecule has 2 aromatic carbocycles. The van der Waals surface area contributed by atoms with E-state index in [4.69, 9.17) is 0 Å². The second-order valence-corrected chi connectivity index (χ2v) is 7.71. The quantitative estimate of drug-likeness (QED) is 0.842. The predicted molar refractivity (Wildman–Crippen MR) is 110 cm³/mol. The van der Waals surface area contributed by atoms with Crippen molar-refractivity contribution in [2.75, 3.05) is 24.5 Å². The van der Waals surface area contributed by atoms with E-state index < -0.39 is 0 Å². The highest BCUT2D eigenvalue weighted by molar-refractivity contribution is 6.00. The minimum absolute atomic E-state index is 0.0146. The third-order valence-corrected chi connectivity index (χ3v) is 5.73. The molecule has 0 saturated carbocycles. The van der Waals surface area contributed by atoms with Crippen LogP contribution >= 0.6 is 0 Å². The standard InChI is InChI=1S/C23H27N3O2/c27-22-14-20(17-26(22)21-10-2-1-3-11-21)23(28)24-15-18-8-4-5-9-19(18)16-25-12-6-7-13-25/h1-5,8-11,20H,6-7,12-17H2,(H,24,28). The van der Waals surface area contributed by atoms with E-state index in [9.17, 15) is 9.59 Å². The van der Waals surface area contributed by atoms with Gasteiger partial charge in [0.25, 0.3) is 0 Å². The Morgan fingerprint density at radius 1 is 0.964 bits per heavy atom. The molecule has 5 heteroatoms. The number of rotatable bonds is 6. The number of hydrogen-bond acceptors (Lipinski definition) is 3. The maximum Gasteiger partial charge on any atom is 0.227 e. The molecule has 2 heterocycles. The molecule has 2 aromatic rings. The Kier molecular flexibility index (Phi) is 5.72. The summed E-state index contributed by atoms with van der Waals surface area (Å²) in [5.74, 6) is -0.318. The number of hydrogen-bond donors (Lipinski definition) is 1. The highest BCUT2D eigenvalue weighted by atomic mass is 16.2. The van der Waals surface area contributed by atoms with E-state index in [2.05, 4.69) is 28.4 Å². The van der Waals surface area contributed by atoms with Crippen molar-refractivity contribution in [1.29, 1.82) is 0 Å². The van der Waals surface area contributed by atoms with Crippen LogP contribution in [0.1, 0.15) is 30.4 Å². The summed E-state index contributed by atoms with van der Waals surface area (Å²) in [4.78, 5) is 29.2. The van der Waals surface area contributed by atoms with Gasteiger partial charge in [0, 0.05) is 31.7 Å². The van der Waals surface area contributed by atoms with Gasteiger partial charge in [-0.1, -0.05) is 42.5 Å². The van der Waals surface area contributed by atoms with Crippen LogP contribution in [0.15, 0.2) is 54.6 Å². The fraction of sp³-hybridized carbons (Fsp3) is 0.391. The summed E-state index contributed by atoms with van der Waals surface area (Å²) in [6.45, 7) is 4.21. The first-order valence-electron chi connectivity index (χ1n) is 10.1. The third-order valence-electron chi connectivity index (χ3n) is 5.73. The van der Waals surface area contributed by atoms with Crippen molar-refractivity contribution in [1.82, 2.24) is 10.2 Å². The molecule has 5 nitrogen and oxygen atoms in total. The van der Waals surface area contributed by atoms with Gasteiger partial charge in [-0.05, 0) is 49.2 Å². The largest absolute Gasteiger partial charge is 0.352 e. The van der Waals surface area contributed by atoms with Crippen LogP contribution in [0.4, 0.5) is 5.69 Å². The number of amides is 2.